The number of rotatable bonds is 6. The third kappa shape index (κ3) is 4.55. The van der Waals surface area contributed by atoms with Gasteiger partial charge in [0.2, 0.25) is 0 Å². The smallest absolute Gasteiger partial charge is 0.272 e. The number of methoxy groups -OCH3 is 1. The van der Waals surface area contributed by atoms with Gasteiger partial charge < -0.3 is 15.4 Å². The molecule has 3 aromatic rings. The van der Waals surface area contributed by atoms with Crippen LogP contribution in [0.3, 0.4) is 0 Å². The highest BCUT2D eigenvalue weighted by Crippen LogP contribution is 2.19. The molecule has 0 bridgehead atoms. The average Bonchev–Trinajstić information content (AvgIpc) is 2.69. The van der Waals surface area contributed by atoms with Gasteiger partial charge in [0, 0.05) is 18.2 Å². The van der Waals surface area contributed by atoms with E-state index in [1.54, 1.807) is 13.2 Å². The molecular formula is C19H16F2N4O2. The fourth-order valence-electron chi connectivity index (χ4n) is 2.36. The van der Waals surface area contributed by atoms with Crippen LogP contribution in [-0.4, -0.2) is 23.2 Å². The minimum atomic E-state index is -0.754. The first-order valence-corrected chi connectivity index (χ1v) is 8.02. The second-order valence-corrected chi connectivity index (χ2v) is 5.55. The standard InChI is InChI=1S/C19H16F2N4O2/c1-27-17-5-3-2-4-12(17)11-22-19(26)16-8-9-18(25-24-16)23-15-7-6-13(20)10-14(15)21/h2-10H,11H2,1H3,(H,22,26)(H,23,25). The van der Waals surface area contributed by atoms with Gasteiger partial charge in [0.15, 0.2) is 11.5 Å². The van der Waals surface area contributed by atoms with E-state index in [-0.39, 0.29) is 23.7 Å². The molecule has 0 saturated heterocycles. The molecule has 0 fully saturated rings. The number of hydrogen-bond acceptors (Lipinski definition) is 5. The van der Waals surface area contributed by atoms with Crippen molar-refractivity contribution in [3.8, 4) is 5.75 Å². The topological polar surface area (TPSA) is 76.1 Å². The zero-order valence-corrected chi connectivity index (χ0v) is 14.4. The molecule has 3 rings (SSSR count). The van der Waals surface area contributed by atoms with Gasteiger partial charge in [-0.25, -0.2) is 8.78 Å². The monoisotopic (exact) mass is 370 g/mol. The van der Waals surface area contributed by atoms with Crippen LogP contribution in [-0.2, 0) is 6.54 Å². The molecule has 2 aromatic carbocycles. The van der Waals surface area contributed by atoms with Gasteiger partial charge >= 0.3 is 0 Å². The lowest BCUT2D eigenvalue weighted by molar-refractivity contribution is 0.0944. The highest BCUT2D eigenvalue weighted by atomic mass is 19.1. The fourth-order valence-corrected chi connectivity index (χ4v) is 2.36. The molecule has 0 spiro atoms. The van der Waals surface area contributed by atoms with Crippen LogP contribution in [0, 0.1) is 11.6 Å². The molecule has 0 unspecified atom stereocenters. The van der Waals surface area contributed by atoms with Crippen LogP contribution in [0.15, 0.2) is 54.6 Å². The molecule has 0 radical (unpaired) electrons. The summed E-state index contributed by atoms with van der Waals surface area (Å²) in [4.78, 5) is 12.2. The molecule has 27 heavy (non-hydrogen) atoms. The van der Waals surface area contributed by atoms with Crippen LogP contribution < -0.4 is 15.4 Å². The van der Waals surface area contributed by atoms with Gasteiger partial charge in [0.1, 0.15) is 17.4 Å². The summed E-state index contributed by atoms with van der Waals surface area (Å²) in [6.07, 6.45) is 0. The molecular weight excluding hydrogens is 354 g/mol. The predicted molar refractivity (Wildman–Crippen MR) is 95.8 cm³/mol. The van der Waals surface area contributed by atoms with E-state index >= 15 is 0 Å². The highest BCUT2D eigenvalue weighted by molar-refractivity contribution is 5.92. The highest BCUT2D eigenvalue weighted by Gasteiger charge is 2.11. The van der Waals surface area contributed by atoms with Crippen molar-refractivity contribution in [2.24, 2.45) is 0 Å². The van der Waals surface area contributed by atoms with E-state index in [2.05, 4.69) is 20.8 Å². The van der Waals surface area contributed by atoms with Crippen molar-refractivity contribution in [1.82, 2.24) is 15.5 Å². The zero-order chi connectivity index (χ0) is 19.2. The quantitative estimate of drug-likeness (QED) is 0.695. The van der Waals surface area contributed by atoms with Crippen molar-refractivity contribution >= 4 is 17.4 Å². The minimum Gasteiger partial charge on any atom is -0.496 e. The Balaban J connectivity index is 1.63. The van der Waals surface area contributed by atoms with Crippen LogP contribution in [0.1, 0.15) is 16.1 Å². The van der Waals surface area contributed by atoms with E-state index in [0.29, 0.717) is 5.75 Å². The van der Waals surface area contributed by atoms with E-state index in [9.17, 15) is 13.6 Å². The number of hydrogen-bond donors (Lipinski definition) is 2. The summed E-state index contributed by atoms with van der Waals surface area (Å²) < 4.78 is 31.8. The number of amides is 1. The van der Waals surface area contributed by atoms with Gasteiger partial charge in [0.05, 0.1) is 12.8 Å². The molecule has 8 heteroatoms. The summed E-state index contributed by atoms with van der Waals surface area (Å²) in [5.41, 5.74) is 0.987. The van der Waals surface area contributed by atoms with Crippen molar-refractivity contribution in [1.29, 1.82) is 0 Å². The molecule has 2 N–H and O–H groups in total. The average molecular weight is 370 g/mol. The molecule has 0 aliphatic carbocycles. The molecule has 1 amide bonds. The Morgan fingerprint density at radius 2 is 1.89 bits per heavy atom. The van der Waals surface area contributed by atoms with Gasteiger partial charge in [-0.2, -0.15) is 0 Å². The van der Waals surface area contributed by atoms with Crippen LogP contribution in [0.2, 0.25) is 0 Å². The van der Waals surface area contributed by atoms with Crippen LogP contribution >= 0.6 is 0 Å². The number of anilines is 2. The van der Waals surface area contributed by atoms with Gasteiger partial charge in [-0.1, -0.05) is 18.2 Å². The maximum atomic E-state index is 13.6. The van der Waals surface area contributed by atoms with Crippen molar-refractivity contribution in [2.75, 3.05) is 12.4 Å². The Kier molecular flexibility index (Phi) is 5.55. The summed E-state index contributed by atoms with van der Waals surface area (Å²) in [6, 6.07) is 13.4. The minimum absolute atomic E-state index is 0.0547. The van der Waals surface area contributed by atoms with Crippen molar-refractivity contribution in [3.05, 3.63) is 77.5 Å². The lowest BCUT2D eigenvalue weighted by atomic mass is 10.2. The maximum absolute atomic E-state index is 13.6. The normalized spacial score (nSPS) is 10.3. The van der Waals surface area contributed by atoms with Crippen molar-refractivity contribution < 1.29 is 18.3 Å². The number of nitrogens with one attached hydrogen (secondary N) is 2. The number of para-hydroxylation sites is 1. The Morgan fingerprint density at radius 3 is 2.59 bits per heavy atom. The van der Waals surface area contributed by atoms with Crippen LogP contribution in [0.5, 0.6) is 5.75 Å². The molecule has 138 valence electrons. The maximum Gasteiger partial charge on any atom is 0.272 e. The Bertz CT molecular complexity index is 949. The summed E-state index contributed by atoms with van der Waals surface area (Å²) in [7, 11) is 1.56. The molecule has 1 aromatic heterocycles. The third-order valence-electron chi connectivity index (χ3n) is 3.72. The molecule has 0 saturated carbocycles. The third-order valence-corrected chi connectivity index (χ3v) is 3.72. The fraction of sp³-hybridized carbons (Fsp3) is 0.105. The van der Waals surface area contributed by atoms with Crippen molar-refractivity contribution in [2.45, 2.75) is 6.54 Å². The van der Waals surface area contributed by atoms with Gasteiger partial charge in [-0.15, -0.1) is 10.2 Å². The van der Waals surface area contributed by atoms with E-state index < -0.39 is 17.5 Å². The second-order valence-electron chi connectivity index (χ2n) is 5.55. The first-order valence-electron chi connectivity index (χ1n) is 8.02. The van der Waals surface area contributed by atoms with Gasteiger partial charge in [-0.3, -0.25) is 4.79 Å². The lowest BCUT2D eigenvalue weighted by Crippen LogP contribution is -2.24. The number of carbonyl (C=O) groups excluding carboxylic acids is 1. The zero-order valence-electron chi connectivity index (χ0n) is 14.4. The molecule has 0 atom stereocenters. The Labute approximate surface area is 154 Å². The van der Waals surface area contributed by atoms with Gasteiger partial charge in [0.25, 0.3) is 5.91 Å². The van der Waals surface area contributed by atoms with E-state index in [0.717, 1.165) is 17.7 Å². The molecule has 6 nitrogen and oxygen atoms in total. The van der Waals surface area contributed by atoms with E-state index in [1.807, 2.05) is 18.2 Å². The van der Waals surface area contributed by atoms with Crippen molar-refractivity contribution in [3.63, 3.8) is 0 Å². The largest absolute Gasteiger partial charge is 0.496 e. The van der Waals surface area contributed by atoms with Crippen LogP contribution in [0.25, 0.3) is 0 Å². The summed E-state index contributed by atoms with van der Waals surface area (Å²) in [5.74, 6) is -0.943. The van der Waals surface area contributed by atoms with Gasteiger partial charge in [-0.05, 0) is 30.3 Å². The number of aromatic nitrogens is 2. The Hall–Kier alpha value is -3.55. The summed E-state index contributed by atoms with van der Waals surface area (Å²) in [6.45, 7) is 0.269. The summed E-state index contributed by atoms with van der Waals surface area (Å²) in [5, 5.41) is 13.1. The number of benzene rings is 2. The first kappa shape index (κ1) is 18.2. The predicted octanol–water partition coefficient (Wildman–Crippen LogP) is 3.44. The van der Waals surface area contributed by atoms with E-state index in [4.69, 9.17) is 4.74 Å². The number of ether oxygens (including phenoxy) is 1. The molecule has 1 heterocycles. The second kappa shape index (κ2) is 8.22. The summed E-state index contributed by atoms with van der Waals surface area (Å²) >= 11 is 0. The lowest BCUT2D eigenvalue weighted by Gasteiger charge is -2.09. The number of halogens is 2. The molecule has 0 aliphatic rings. The van der Waals surface area contributed by atoms with Crippen LogP contribution in [0.4, 0.5) is 20.3 Å². The number of carbonyl (C=O) groups is 1. The molecule has 0 aliphatic heterocycles. The van der Waals surface area contributed by atoms with E-state index in [1.165, 1.54) is 18.2 Å². The Morgan fingerprint density at radius 1 is 1.07 bits per heavy atom. The number of nitrogens with zero attached hydrogens (tertiary/aromatic N) is 2. The first-order chi connectivity index (χ1) is 13.1. The SMILES string of the molecule is COc1ccccc1CNC(=O)c1ccc(Nc2ccc(F)cc2F)nn1.